The van der Waals surface area contributed by atoms with Crippen LogP contribution in [0.4, 0.5) is 8.78 Å². The topological polar surface area (TPSA) is 12.0 Å². The van der Waals surface area contributed by atoms with Gasteiger partial charge in [-0.25, -0.2) is 8.78 Å². The number of hydrogen-bond acceptors (Lipinski definition) is 1. The van der Waals surface area contributed by atoms with Crippen molar-refractivity contribution in [2.24, 2.45) is 0 Å². The summed E-state index contributed by atoms with van der Waals surface area (Å²) in [6.07, 6.45) is 0. The van der Waals surface area contributed by atoms with Gasteiger partial charge in [0.05, 0.1) is 11.1 Å². The SMILES string of the molecule is CCNC(c1ccc(F)c(C)c1)c1cccc(F)c1Cl. The van der Waals surface area contributed by atoms with Crippen LogP contribution in [0.15, 0.2) is 36.4 Å². The first kappa shape index (κ1) is 14.9. The molecule has 0 amide bonds. The monoisotopic (exact) mass is 295 g/mol. The quantitative estimate of drug-likeness (QED) is 0.867. The standard InChI is InChI=1S/C16H16ClF2N/c1-3-20-16(11-7-8-13(18)10(2)9-11)12-5-4-6-14(19)15(12)17/h4-9,16,20H,3H2,1-2H3. The molecule has 1 unspecified atom stereocenters. The van der Waals surface area contributed by atoms with Crippen LogP contribution in [0.3, 0.4) is 0 Å². The van der Waals surface area contributed by atoms with Gasteiger partial charge < -0.3 is 5.32 Å². The van der Waals surface area contributed by atoms with Gasteiger partial charge in [0.1, 0.15) is 11.6 Å². The molecule has 106 valence electrons. The van der Waals surface area contributed by atoms with E-state index in [-0.39, 0.29) is 16.9 Å². The maximum Gasteiger partial charge on any atom is 0.142 e. The van der Waals surface area contributed by atoms with Gasteiger partial charge in [0.15, 0.2) is 0 Å². The number of nitrogens with one attached hydrogen (secondary N) is 1. The summed E-state index contributed by atoms with van der Waals surface area (Å²) in [5, 5.41) is 3.35. The second kappa shape index (κ2) is 6.33. The van der Waals surface area contributed by atoms with Crippen molar-refractivity contribution in [1.29, 1.82) is 0 Å². The van der Waals surface area contributed by atoms with Crippen LogP contribution in [0.5, 0.6) is 0 Å². The number of hydrogen-bond donors (Lipinski definition) is 1. The highest BCUT2D eigenvalue weighted by atomic mass is 35.5. The van der Waals surface area contributed by atoms with Crippen molar-refractivity contribution in [1.82, 2.24) is 5.32 Å². The van der Waals surface area contributed by atoms with Crippen LogP contribution in [0, 0.1) is 18.6 Å². The fraction of sp³-hybridized carbons (Fsp3) is 0.250. The maximum atomic E-state index is 13.6. The summed E-state index contributed by atoms with van der Waals surface area (Å²) in [5.74, 6) is -0.708. The highest BCUT2D eigenvalue weighted by Gasteiger charge is 2.18. The minimum atomic E-state index is -0.453. The Kier molecular flexibility index (Phi) is 4.73. The zero-order valence-electron chi connectivity index (χ0n) is 11.4. The van der Waals surface area contributed by atoms with Crippen LogP contribution >= 0.6 is 11.6 Å². The van der Waals surface area contributed by atoms with Gasteiger partial charge in [0.2, 0.25) is 0 Å². The van der Waals surface area contributed by atoms with Crippen LogP contribution in [-0.2, 0) is 0 Å². The third-order valence-electron chi connectivity index (χ3n) is 3.22. The summed E-state index contributed by atoms with van der Waals surface area (Å²) >= 11 is 6.06. The van der Waals surface area contributed by atoms with E-state index in [0.29, 0.717) is 17.7 Å². The van der Waals surface area contributed by atoms with E-state index in [4.69, 9.17) is 11.6 Å². The average molecular weight is 296 g/mol. The molecular formula is C16H16ClF2N. The lowest BCUT2D eigenvalue weighted by Crippen LogP contribution is -2.22. The van der Waals surface area contributed by atoms with Crippen molar-refractivity contribution < 1.29 is 8.78 Å². The summed E-state index contributed by atoms with van der Waals surface area (Å²) in [6.45, 7) is 4.35. The molecule has 2 aromatic rings. The van der Waals surface area contributed by atoms with E-state index in [1.807, 2.05) is 6.92 Å². The predicted molar refractivity (Wildman–Crippen MR) is 78.1 cm³/mol. The highest BCUT2D eigenvalue weighted by Crippen LogP contribution is 2.30. The molecule has 0 saturated heterocycles. The molecule has 0 spiro atoms. The molecule has 2 rings (SSSR count). The van der Waals surface area contributed by atoms with E-state index >= 15 is 0 Å². The Balaban J connectivity index is 2.50. The summed E-state index contributed by atoms with van der Waals surface area (Å²) in [7, 11) is 0. The Morgan fingerprint density at radius 1 is 1.15 bits per heavy atom. The van der Waals surface area contributed by atoms with E-state index < -0.39 is 5.82 Å². The zero-order chi connectivity index (χ0) is 14.7. The zero-order valence-corrected chi connectivity index (χ0v) is 12.1. The van der Waals surface area contributed by atoms with E-state index in [1.165, 1.54) is 12.1 Å². The third kappa shape index (κ3) is 3.00. The van der Waals surface area contributed by atoms with Crippen molar-refractivity contribution >= 4 is 11.6 Å². The number of aryl methyl sites for hydroxylation is 1. The number of benzene rings is 2. The largest absolute Gasteiger partial charge is 0.306 e. The van der Waals surface area contributed by atoms with Gasteiger partial charge in [0, 0.05) is 0 Å². The van der Waals surface area contributed by atoms with Gasteiger partial charge >= 0.3 is 0 Å². The van der Waals surface area contributed by atoms with E-state index in [0.717, 1.165) is 5.56 Å². The van der Waals surface area contributed by atoms with Crippen LogP contribution in [-0.4, -0.2) is 6.54 Å². The van der Waals surface area contributed by atoms with Crippen LogP contribution in [0.2, 0.25) is 5.02 Å². The first-order chi connectivity index (χ1) is 9.54. The number of rotatable bonds is 4. The van der Waals surface area contributed by atoms with E-state index in [2.05, 4.69) is 5.32 Å². The molecular weight excluding hydrogens is 280 g/mol. The average Bonchev–Trinajstić information content (AvgIpc) is 2.43. The molecule has 1 atom stereocenters. The van der Waals surface area contributed by atoms with Crippen LogP contribution < -0.4 is 5.32 Å². The summed E-state index contributed by atoms with van der Waals surface area (Å²) in [6, 6.07) is 9.32. The van der Waals surface area contributed by atoms with Crippen LogP contribution in [0.25, 0.3) is 0 Å². The fourth-order valence-electron chi connectivity index (χ4n) is 2.20. The second-order valence-corrected chi connectivity index (χ2v) is 5.02. The normalized spacial score (nSPS) is 12.4. The molecule has 0 aliphatic heterocycles. The molecule has 0 aliphatic carbocycles. The second-order valence-electron chi connectivity index (χ2n) is 4.64. The molecule has 4 heteroatoms. The molecule has 20 heavy (non-hydrogen) atoms. The minimum absolute atomic E-state index is 0.0976. The molecule has 2 aromatic carbocycles. The van der Waals surface area contributed by atoms with Crippen molar-refractivity contribution in [3.05, 3.63) is 69.7 Å². The van der Waals surface area contributed by atoms with Gasteiger partial charge in [-0.05, 0) is 42.3 Å². The summed E-state index contributed by atoms with van der Waals surface area (Å²) < 4.78 is 27.0. The summed E-state index contributed by atoms with van der Waals surface area (Å²) in [5.41, 5.74) is 2.07. The molecule has 0 fully saturated rings. The molecule has 0 saturated carbocycles. The van der Waals surface area contributed by atoms with Gasteiger partial charge in [0.25, 0.3) is 0 Å². The molecule has 1 nitrogen and oxygen atoms in total. The smallest absolute Gasteiger partial charge is 0.142 e. The summed E-state index contributed by atoms with van der Waals surface area (Å²) in [4.78, 5) is 0. The van der Waals surface area contributed by atoms with E-state index in [9.17, 15) is 8.78 Å². The van der Waals surface area contributed by atoms with Crippen molar-refractivity contribution in [3.8, 4) is 0 Å². The molecule has 0 radical (unpaired) electrons. The lowest BCUT2D eigenvalue weighted by molar-refractivity contribution is 0.596. The van der Waals surface area contributed by atoms with Gasteiger partial charge in [-0.15, -0.1) is 0 Å². The van der Waals surface area contributed by atoms with Gasteiger partial charge in [-0.1, -0.05) is 42.8 Å². The molecule has 0 heterocycles. The van der Waals surface area contributed by atoms with Crippen molar-refractivity contribution in [3.63, 3.8) is 0 Å². The first-order valence-corrected chi connectivity index (χ1v) is 6.85. The highest BCUT2D eigenvalue weighted by molar-refractivity contribution is 6.31. The molecule has 0 aliphatic rings. The fourth-order valence-corrected chi connectivity index (χ4v) is 2.44. The van der Waals surface area contributed by atoms with E-state index in [1.54, 1.807) is 31.2 Å². The van der Waals surface area contributed by atoms with Crippen LogP contribution in [0.1, 0.15) is 29.7 Å². The van der Waals surface area contributed by atoms with Gasteiger partial charge in [-0.3, -0.25) is 0 Å². The Hall–Kier alpha value is -1.45. The first-order valence-electron chi connectivity index (χ1n) is 6.48. The third-order valence-corrected chi connectivity index (χ3v) is 3.61. The van der Waals surface area contributed by atoms with Crippen molar-refractivity contribution in [2.45, 2.75) is 19.9 Å². The number of halogens is 3. The lowest BCUT2D eigenvalue weighted by Gasteiger charge is -2.21. The Morgan fingerprint density at radius 2 is 1.90 bits per heavy atom. The Labute approximate surface area is 122 Å². The Bertz CT molecular complexity index is 613. The Morgan fingerprint density at radius 3 is 2.55 bits per heavy atom. The predicted octanol–water partition coefficient (Wildman–Crippen LogP) is 4.63. The van der Waals surface area contributed by atoms with Gasteiger partial charge in [-0.2, -0.15) is 0 Å². The van der Waals surface area contributed by atoms with Crippen molar-refractivity contribution in [2.75, 3.05) is 6.54 Å². The molecule has 0 bridgehead atoms. The molecule has 1 N–H and O–H groups in total. The molecule has 0 aromatic heterocycles. The maximum absolute atomic E-state index is 13.6. The minimum Gasteiger partial charge on any atom is -0.306 e. The lowest BCUT2D eigenvalue weighted by atomic mass is 9.97.